The van der Waals surface area contributed by atoms with E-state index >= 15 is 0 Å². The average molecular weight is 425 g/mol. The number of nitrogens with one attached hydrogen (secondary N) is 2. The van der Waals surface area contributed by atoms with Crippen molar-refractivity contribution in [2.24, 2.45) is 24.8 Å². The molecule has 2 aliphatic carbocycles. The molecule has 166 valence electrons. The lowest BCUT2D eigenvalue weighted by molar-refractivity contribution is -0.120. The van der Waals surface area contributed by atoms with Gasteiger partial charge >= 0.3 is 0 Å². The van der Waals surface area contributed by atoms with E-state index in [0.717, 1.165) is 30.9 Å². The fourth-order valence-corrected chi connectivity index (χ4v) is 4.74. The highest BCUT2D eigenvalue weighted by Crippen LogP contribution is 2.37. The highest BCUT2D eigenvalue weighted by Gasteiger charge is 2.40. The topological polar surface area (TPSA) is 96.2 Å². The van der Waals surface area contributed by atoms with Gasteiger partial charge in [0.05, 0.1) is 6.10 Å². The first-order valence-electron chi connectivity index (χ1n) is 11.3. The second-order valence-corrected chi connectivity index (χ2v) is 9.45. The molecule has 1 aromatic heterocycles. The third-order valence-corrected chi connectivity index (χ3v) is 7.06. The quantitative estimate of drug-likeness (QED) is 0.698. The maximum Gasteiger partial charge on any atom is 0.255 e. The van der Waals surface area contributed by atoms with Crippen molar-refractivity contribution in [3.05, 3.63) is 45.4 Å². The second-order valence-electron chi connectivity index (χ2n) is 9.45. The number of nitrogens with zero attached hydrogens (tertiary/aromatic N) is 2. The normalized spacial score (nSPS) is 28.8. The Kier molecular flexibility index (Phi) is 6.31. The Morgan fingerprint density at radius 1 is 1.32 bits per heavy atom. The van der Waals surface area contributed by atoms with E-state index in [2.05, 4.69) is 23.6 Å². The number of nitriles is 1. The van der Waals surface area contributed by atoms with Crippen LogP contribution >= 0.6 is 0 Å². The van der Waals surface area contributed by atoms with Gasteiger partial charge in [0.1, 0.15) is 11.8 Å². The van der Waals surface area contributed by atoms with Gasteiger partial charge in [0.2, 0.25) is 5.91 Å². The third-order valence-electron chi connectivity index (χ3n) is 7.06. The number of amides is 1. The predicted molar refractivity (Wildman–Crippen MR) is 117 cm³/mol. The average Bonchev–Trinajstić information content (AvgIpc) is 3.57. The molecule has 1 aromatic rings. The minimum absolute atomic E-state index is 0.0375. The molecule has 2 N–H and O–H groups in total. The molecule has 4 rings (SSSR count). The van der Waals surface area contributed by atoms with Crippen LogP contribution in [0, 0.1) is 29.1 Å². The lowest BCUT2D eigenvalue weighted by atomic mass is 9.74. The van der Waals surface area contributed by atoms with Crippen LogP contribution in [0.1, 0.15) is 50.8 Å². The number of rotatable bonds is 7. The molecule has 2 fully saturated rings. The van der Waals surface area contributed by atoms with E-state index in [9.17, 15) is 9.59 Å². The number of aromatic nitrogens is 1. The molecule has 1 amide bonds. The summed E-state index contributed by atoms with van der Waals surface area (Å²) in [4.78, 5) is 25.2. The van der Waals surface area contributed by atoms with E-state index in [1.807, 2.05) is 13.0 Å². The van der Waals surface area contributed by atoms with E-state index in [-0.39, 0.29) is 29.7 Å². The van der Waals surface area contributed by atoms with Crippen molar-refractivity contribution in [2.45, 2.75) is 64.3 Å². The van der Waals surface area contributed by atoms with Crippen LogP contribution in [0.5, 0.6) is 0 Å². The highest BCUT2D eigenvalue weighted by molar-refractivity contribution is 5.95. The molecule has 2 heterocycles. The minimum Gasteiger partial charge on any atom is -0.378 e. The van der Waals surface area contributed by atoms with Gasteiger partial charge < -0.3 is 19.9 Å². The predicted octanol–water partition coefficient (Wildman–Crippen LogP) is 2.00. The maximum atomic E-state index is 12.8. The number of ether oxygens (including phenoxy) is 1. The first-order chi connectivity index (χ1) is 14.9. The summed E-state index contributed by atoms with van der Waals surface area (Å²) in [6.45, 7) is 5.40. The van der Waals surface area contributed by atoms with Crippen molar-refractivity contribution in [3.8, 4) is 6.07 Å². The van der Waals surface area contributed by atoms with Crippen LogP contribution in [-0.2, 0) is 23.1 Å². The molecule has 7 nitrogen and oxygen atoms in total. The molecule has 2 saturated carbocycles. The van der Waals surface area contributed by atoms with Crippen molar-refractivity contribution in [2.75, 3.05) is 6.61 Å². The minimum atomic E-state index is -0.195. The van der Waals surface area contributed by atoms with Crippen LogP contribution in [0.25, 0.3) is 0 Å². The monoisotopic (exact) mass is 424 g/mol. The van der Waals surface area contributed by atoms with Crippen molar-refractivity contribution in [3.63, 3.8) is 0 Å². The Morgan fingerprint density at radius 2 is 2.10 bits per heavy atom. The van der Waals surface area contributed by atoms with E-state index in [1.54, 1.807) is 19.2 Å². The highest BCUT2D eigenvalue weighted by atomic mass is 16.5. The maximum absolute atomic E-state index is 12.8. The van der Waals surface area contributed by atoms with Crippen LogP contribution in [0.4, 0.5) is 0 Å². The fourth-order valence-electron chi connectivity index (χ4n) is 4.74. The molecule has 0 bridgehead atoms. The van der Waals surface area contributed by atoms with Crippen molar-refractivity contribution >= 4 is 5.91 Å². The van der Waals surface area contributed by atoms with Gasteiger partial charge in [-0.2, -0.15) is 5.26 Å². The molecule has 0 spiro atoms. The lowest BCUT2D eigenvalue weighted by Crippen LogP contribution is -2.53. The zero-order chi connectivity index (χ0) is 22.1. The summed E-state index contributed by atoms with van der Waals surface area (Å²) >= 11 is 0. The van der Waals surface area contributed by atoms with E-state index in [1.165, 1.54) is 17.4 Å². The Hall–Kier alpha value is -2.43. The molecule has 0 aromatic carbocycles. The summed E-state index contributed by atoms with van der Waals surface area (Å²) in [5.74, 6) is 1.50. The number of carbonyl (C=O) groups excluding carboxylic acids is 1. The van der Waals surface area contributed by atoms with Gasteiger partial charge in [-0.25, -0.2) is 0 Å². The molecular weight excluding hydrogens is 392 g/mol. The Balaban J connectivity index is 1.39. The molecule has 5 atom stereocenters. The molecule has 31 heavy (non-hydrogen) atoms. The standard InChI is InChI=1S/C24H32N4O3/c1-14-8-18-9-20(23(29)27-21(18)10-22(14)31-13-16-4-5-16)15(2)26-12-17-6-7-19(11-25)28(3)24(17)30/h6-7,9,14-16,18,21-22,26H,4-5,8,10,12-13H2,1-3H3,(H,27,29)/t14?,15-,18?,21?,22?/m0/s1. The number of hydrogen-bond donors (Lipinski definition) is 2. The van der Waals surface area contributed by atoms with Gasteiger partial charge in [-0.05, 0) is 62.5 Å². The van der Waals surface area contributed by atoms with E-state index in [4.69, 9.17) is 10.00 Å². The molecular formula is C24H32N4O3. The Morgan fingerprint density at radius 3 is 2.81 bits per heavy atom. The van der Waals surface area contributed by atoms with Crippen molar-refractivity contribution in [1.29, 1.82) is 5.26 Å². The lowest BCUT2D eigenvalue weighted by Gasteiger charge is -2.42. The van der Waals surface area contributed by atoms with E-state index < -0.39 is 0 Å². The summed E-state index contributed by atoms with van der Waals surface area (Å²) in [5, 5.41) is 15.6. The van der Waals surface area contributed by atoms with Gasteiger partial charge in [0, 0.05) is 43.4 Å². The van der Waals surface area contributed by atoms with Crippen molar-refractivity contribution < 1.29 is 9.53 Å². The van der Waals surface area contributed by atoms with Gasteiger partial charge in [0.15, 0.2) is 0 Å². The number of pyridine rings is 1. The number of fused-ring (bicyclic) bond motifs is 1. The van der Waals surface area contributed by atoms with E-state index in [0.29, 0.717) is 29.6 Å². The molecule has 0 radical (unpaired) electrons. The van der Waals surface area contributed by atoms with Gasteiger partial charge in [-0.15, -0.1) is 0 Å². The first kappa shape index (κ1) is 21.8. The van der Waals surface area contributed by atoms with Crippen molar-refractivity contribution in [1.82, 2.24) is 15.2 Å². The van der Waals surface area contributed by atoms with Gasteiger partial charge in [-0.1, -0.05) is 13.0 Å². The summed E-state index contributed by atoms with van der Waals surface area (Å²) in [6.07, 6.45) is 6.81. The summed E-state index contributed by atoms with van der Waals surface area (Å²) < 4.78 is 7.52. The molecule has 4 unspecified atom stereocenters. The van der Waals surface area contributed by atoms with Crippen LogP contribution in [0.2, 0.25) is 0 Å². The Labute approximate surface area is 183 Å². The Bertz CT molecular complexity index is 972. The fraction of sp³-hybridized carbons (Fsp3) is 0.625. The zero-order valence-electron chi connectivity index (χ0n) is 18.6. The van der Waals surface area contributed by atoms with Crippen LogP contribution < -0.4 is 16.2 Å². The number of hydrogen-bond acceptors (Lipinski definition) is 5. The number of carbonyl (C=O) groups is 1. The van der Waals surface area contributed by atoms with Crippen LogP contribution in [0.3, 0.4) is 0 Å². The molecule has 7 heteroatoms. The molecule has 1 aliphatic heterocycles. The van der Waals surface area contributed by atoms with Crippen LogP contribution in [0.15, 0.2) is 28.6 Å². The van der Waals surface area contributed by atoms with Gasteiger partial charge in [-0.3, -0.25) is 9.59 Å². The zero-order valence-corrected chi connectivity index (χ0v) is 18.6. The van der Waals surface area contributed by atoms with Gasteiger partial charge in [0.25, 0.3) is 5.56 Å². The largest absolute Gasteiger partial charge is 0.378 e. The molecule has 3 aliphatic rings. The smallest absolute Gasteiger partial charge is 0.255 e. The SMILES string of the molecule is CC1CC2C=C([C@H](C)NCc3ccc(C#N)n(C)c3=O)C(=O)NC2CC1OCC1CC1. The third kappa shape index (κ3) is 4.76. The molecule has 0 saturated heterocycles. The summed E-state index contributed by atoms with van der Waals surface area (Å²) in [7, 11) is 1.59. The summed E-state index contributed by atoms with van der Waals surface area (Å²) in [5.41, 5.74) is 1.44. The second kappa shape index (κ2) is 8.97. The summed E-state index contributed by atoms with van der Waals surface area (Å²) in [6, 6.07) is 5.28. The first-order valence-corrected chi connectivity index (χ1v) is 11.3. The van der Waals surface area contributed by atoms with Crippen LogP contribution in [-0.4, -0.2) is 35.3 Å².